The molecular formula is C23H22ClN3O3. The summed E-state index contributed by atoms with van der Waals surface area (Å²) in [5.74, 6) is -0.494. The Kier molecular flexibility index (Phi) is 6.14. The number of rotatable bonds is 6. The molecule has 1 aliphatic carbocycles. The van der Waals surface area contributed by atoms with Crippen molar-refractivity contribution < 1.29 is 14.0 Å². The van der Waals surface area contributed by atoms with Gasteiger partial charge in [0.05, 0.1) is 6.26 Å². The zero-order chi connectivity index (χ0) is 20.9. The highest BCUT2D eigenvalue weighted by atomic mass is 35.5. The number of carbonyl (C=O) groups is 2. The summed E-state index contributed by atoms with van der Waals surface area (Å²) in [6.07, 6.45) is 8.75. The van der Waals surface area contributed by atoms with Crippen LogP contribution in [0.2, 0.25) is 5.02 Å². The Hall–Kier alpha value is -3.12. The number of aromatic nitrogens is 1. The van der Waals surface area contributed by atoms with E-state index in [1.54, 1.807) is 60.9 Å². The van der Waals surface area contributed by atoms with Crippen LogP contribution in [0.3, 0.4) is 0 Å². The van der Waals surface area contributed by atoms with Gasteiger partial charge in [-0.2, -0.15) is 0 Å². The molecule has 0 saturated heterocycles. The van der Waals surface area contributed by atoms with E-state index in [0.29, 0.717) is 16.3 Å². The molecular weight excluding hydrogens is 402 g/mol. The van der Waals surface area contributed by atoms with Crippen LogP contribution in [0.25, 0.3) is 0 Å². The van der Waals surface area contributed by atoms with Crippen LogP contribution in [0, 0.1) is 0 Å². The Balaban J connectivity index is 1.78. The fraction of sp³-hybridized carbons (Fsp3) is 0.261. The van der Waals surface area contributed by atoms with E-state index in [9.17, 15) is 9.59 Å². The highest BCUT2D eigenvalue weighted by Crippen LogP contribution is 2.31. The number of benzene rings is 1. The van der Waals surface area contributed by atoms with Gasteiger partial charge in [-0.15, -0.1) is 0 Å². The summed E-state index contributed by atoms with van der Waals surface area (Å²) in [6, 6.07) is 12.8. The Labute approximate surface area is 179 Å². The van der Waals surface area contributed by atoms with Crippen molar-refractivity contribution in [3.05, 3.63) is 83.5 Å². The molecule has 1 atom stereocenters. The normalized spacial score (nSPS) is 15.0. The number of hydrogen-bond acceptors (Lipinski definition) is 4. The lowest BCUT2D eigenvalue weighted by molar-refractivity contribution is -0.123. The van der Waals surface area contributed by atoms with Crippen molar-refractivity contribution in [3.63, 3.8) is 0 Å². The summed E-state index contributed by atoms with van der Waals surface area (Å²) in [6.45, 7) is 0. The van der Waals surface area contributed by atoms with E-state index in [0.717, 1.165) is 25.7 Å². The molecule has 6 nitrogen and oxygen atoms in total. The molecule has 2 amide bonds. The van der Waals surface area contributed by atoms with Crippen molar-refractivity contribution in [3.8, 4) is 0 Å². The van der Waals surface area contributed by atoms with E-state index in [2.05, 4.69) is 10.3 Å². The van der Waals surface area contributed by atoms with Gasteiger partial charge >= 0.3 is 0 Å². The molecule has 1 fully saturated rings. The van der Waals surface area contributed by atoms with Crippen LogP contribution in [0.4, 0.5) is 5.69 Å². The van der Waals surface area contributed by atoms with Crippen LogP contribution >= 0.6 is 11.6 Å². The average molecular weight is 424 g/mol. The Morgan fingerprint density at radius 2 is 1.77 bits per heavy atom. The van der Waals surface area contributed by atoms with E-state index in [4.69, 9.17) is 16.0 Å². The molecule has 0 aliphatic heterocycles. The van der Waals surface area contributed by atoms with Gasteiger partial charge in [-0.05, 0) is 66.9 Å². The molecule has 4 rings (SSSR count). The monoisotopic (exact) mass is 423 g/mol. The van der Waals surface area contributed by atoms with Gasteiger partial charge in [-0.1, -0.05) is 24.4 Å². The van der Waals surface area contributed by atoms with Crippen molar-refractivity contribution in [1.29, 1.82) is 0 Å². The van der Waals surface area contributed by atoms with Gasteiger partial charge in [-0.3, -0.25) is 19.5 Å². The molecule has 0 spiro atoms. The SMILES string of the molecule is O=C(NC1CCCC1)[C@H](c1ccncc1)N(C(=O)c1ccco1)c1ccc(Cl)cc1. The van der Waals surface area contributed by atoms with Gasteiger partial charge in [0, 0.05) is 29.1 Å². The highest BCUT2D eigenvalue weighted by molar-refractivity contribution is 6.30. The Bertz CT molecular complexity index is 984. The third-order valence-corrected chi connectivity index (χ3v) is 5.54. The molecule has 1 aromatic carbocycles. The van der Waals surface area contributed by atoms with Crippen molar-refractivity contribution in [2.45, 2.75) is 37.8 Å². The van der Waals surface area contributed by atoms with Gasteiger partial charge in [0.25, 0.3) is 5.91 Å². The maximum absolute atomic E-state index is 13.5. The van der Waals surface area contributed by atoms with Gasteiger partial charge in [0.2, 0.25) is 5.91 Å². The minimum absolute atomic E-state index is 0.118. The lowest BCUT2D eigenvalue weighted by Crippen LogP contribution is -2.46. The van der Waals surface area contributed by atoms with Crippen LogP contribution in [-0.4, -0.2) is 22.8 Å². The molecule has 2 aromatic heterocycles. The Morgan fingerprint density at radius 1 is 1.07 bits per heavy atom. The van der Waals surface area contributed by atoms with Crippen LogP contribution in [-0.2, 0) is 4.79 Å². The topological polar surface area (TPSA) is 75.4 Å². The zero-order valence-corrected chi connectivity index (χ0v) is 17.1. The van der Waals surface area contributed by atoms with Crippen LogP contribution in [0.15, 0.2) is 71.6 Å². The molecule has 0 radical (unpaired) electrons. The number of furan rings is 1. The summed E-state index contributed by atoms with van der Waals surface area (Å²) in [4.78, 5) is 32.4. The second-order valence-electron chi connectivity index (χ2n) is 7.30. The predicted molar refractivity (Wildman–Crippen MR) is 114 cm³/mol. The predicted octanol–water partition coefficient (Wildman–Crippen LogP) is 4.77. The average Bonchev–Trinajstić information content (AvgIpc) is 3.47. The molecule has 30 heavy (non-hydrogen) atoms. The minimum atomic E-state index is -0.882. The fourth-order valence-electron chi connectivity index (χ4n) is 3.82. The van der Waals surface area contributed by atoms with Gasteiger partial charge < -0.3 is 9.73 Å². The molecule has 7 heteroatoms. The molecule has 1 saturated carbocycles. The highest BCUT2D eigenvalue weighted by Gasteiger charge is 2.35. The van der Waals surface area contributed by atoms with Crippen LogP contribution in [0.1, 0.15) is 47.8 Å². The first kappa shape index (κ1) is 20.2. The van der Waals surface area contributed by atoms with Gasteiger partial charge in [-0.25, -0.2) is 0 Å². The second-order valence-corrected chi connectivity index (χ2v) is 7.74. The van der Waals surface area contributed by atoms with Crippen molar-refractivity contribution in [2.75, 3.05) is 4.90 Å². The molecule has 0 bridgehead atoms. The molecule has 2 heterocycles. The van der Waals surface area contributed by atoms with Crippen LogP contribution in [0.5, 0.6) is 0 Å². The zero-order valence-electron chi connectivity index (χ0n) is 16.3. The molecule has 154 valence electrons. The number of nitrogens with one attached hydrogen (secondary N) is 1. The number of hydrogen-bond donors (Lipinski definition) is 1. The van der Waals surface area contributed by atoms with Crippen molar-refractivity contribution in [1.82, 2.24) is 10.3 Å². The number of halogens is 1. The first-order valence-corrected chi connectivity index (χ1v) is 10.3. The summed E-state index contributed by atoms with van der Waals surface area (Å²) in [5.41, 5.74) is 1.21. The molecule has 3 aromatic rings. The van der Waals surface area contributed by atoms with E-state index >= 15 is 0 Å². The quantitative estimate of drug-likeness (QED) is 0.619. The third kappa shape index (κ3) is 4.39. The summed E-state index contributed by atoms with van der Waals surface area (Å²) in [7, 11) is 0. The Morgan fingerprint density at radius 3 is 2.40 bits per heavy atom. The van der Waals surface area contributed by atoms with E-state index in [1.165, 1.54) is 11.2 Å². The maximum Gasteiger partial charge on any atom is 0.294 e. The van der Waals surface area contributed by atoms with Gasteiger partial charge in [0.1, 0.15) is 6.04 Å². The summed E-state index contributed by atoms with van der Waals surface area (Å²) in [5, 5.41) is 3.67. The molecule has 1 aliphatic rings. The first-order valence-electron chi connectivity index (χ1n) is 9.96. The number of nitrogens with zero attached hydrogens (tertiary/aromatic N) is 2. The van der Waals surface area contributed by atoms with E-state index in [-0.39, 0.29) is 17.7 Å². The minimum Gasteiger partial charge on any atom is -0.459 e. The number of pyridine rings is 1. The van der Waals surface area contributed by atoms with Gasteiger partial charge in [0.15, 0.2) is 5.76 Å². The first-order chi connectivity index (χ1) is 14.6. The number of anilines is 1. The van der Waals surface area contributed by atoms with Crippen molar-refractivity contribution in [2.24, 2.45) is 0 Å². The van der Waals surface area contributed by atoms with E-state index < -0.39 is 11.9 Å². The molecule has 1 N–H and O–H groups in total. The lowest BCUT2D eigenvalue weighted by Gasteiger charge is -2.31. The largest absolute Gasteiger partial charge is 0.459 e. The third-order valence-electron chi connectivity index (χ3n) is 5.29. The summed E-state index contributed by atoms with van der Waals surface area (Å²) < 4.78 is 5.36. The molecule has 0 unspecified atom stereocenters. The summed E-state index contributed by atoms with van der Waals surface area (Å²) >= 11 is 6.06. The number of carbonyl (C=O) groups excluding carboxylic acids is 2. The fourth-order valence-corrected chi connectivity index (χ4v) is 3.94. The van der Waals surface area contributed by atoms with E-state index in [1.807, 2.05) is 0 Å². The maximum atomic E-state index is 13.5. The standard InChI is InChI=1S/C23H22ClN3O3/c24-17-7-9-19(10-8-17)27(23(29)20-6-3-15-30-20)21(16-11-13-25-14-12-16)22(28)26-18-4-1-2-5-18/h3,6-15,18,21H,1-2,4-5H2,(H,26,28)/t21-/m0/s1. The van der Waals surface area contributed by atoms with Crippen LogP contribution < -0.4 is 10.2 Å². The second kappa shape index (κ2) is 9.13. The number of amides is 2. The lowest BCUT2D eigenvalue weighted by atomic mass is 10.0. The smallest absolute Gasteiger partial charge is 0.294 e. The van der Waals surface area contributed by atoms with Crippen molar-refractivity contribution >= 4 is 29.1 Å².